The number of para-hydroxylation sites is 1. The largest absolute Gasteiger partial charge is 0.339 e. The summed E-state index contributed by atoms with van der Waals surface area (Å²) in [5.74, 6) is 0.724. The average molecular weight is 515 g/mol. The van der Waals surface area contributed by atoms with Crippen LogP contribution in [-0.4, -0.2) is 38.0 Å². The molecular formula is C26H22N6O2S2. The lowest BCUT2D eigenvalue weighted by molar-refractivity contribution is 0.389. The van der Waals surface area contributed by atoms with Gasteiger partial charge in [-0.25, -0.2) is 13.4 Å². The van der Waals surface area contributed by atoms with Crippen molar-refractivity contribution in [2.45, 2.75) is 24.4 Å². The molecule has 0 amide bonds. The van der Waals surface area contributed by atoms with E-state index >= 15 is 0 Å². The molecule has 0 saturated heterocycles. The fraction of sp³-hybridized carbons (Fsp3) is 0.154. The van der Waals surface area contributed by atoms with E-state index < -0.39 is 10.0 Å². The van der Waals surface area contributed by atoms with Crippen LogP contribution in [0.5, 0.6) is 0 Å². The number of pyridine rings is 2. The van der Waals surface area contributed by atoms with Crippen LogP contribution in [0.4, 0.5) is 11.5 Å². The monoisotopic (exact) mass is 514 g/mol. The summed E-state index contributed by atoms with van der Waals surface area (Å²) in [6.07, 6.45) is 4.45. The summed E-state index contributed by atoms with van der Waals surface area (Å²) in [6.45, 7) is 0.598. The minimum Gasteiger partial charge on any atom is -0.339 e. The Bertz CT molecular complexity index is 1650. The number of aromatic nitrogens is 4. The Morgan fingerprint density at radius 1 is 0.972 bits per heavy atom. The van der Waals surface area contributed by atoms with Crippen LogP contribution in [0, 0.1) is 0 Å². The van der Waals surface area contributed by atoms with Crippen LogP contribution in [0.15, 0.2) is 84.1 Å². The molecule has 8 nitrogen and oxygen atoms in total. The van der Waals surface area contributed by atoms with E-state index in [1.807, 2.05) is 66.7 Å². The highest BCUT2D eigenvalue weighted by atomic mass is 32.2. The van der Waals surface area contributed by atoms with Gasteiger partial charge in [0.15, 0.2) is 0 Å². The van der Waals surface area contributed by atoms with E-state index in [4.69, 9.17) is 0 Å². The molecule has 3 aromatic heterocycles. The van der Waals surface area contributed by atoms with Crippen LogP contribution in [0.3, 0.4) is 0 Å². The molecular weight excluding hydrogens is 492 g/mol. The Labute approximate surface area is 213 Å². The molecule has 5 aromatic rings. The first-order chi connectivity index (χ1) is 17.6. The third-order valence-corrected chi connectivity index (χ3v) is 8.77. The predicted octanol–water partition coefficient (Wildman–Crippen LogP) is 4.56. The molecule has 180 valence electrons. The second kappa shape index (κ2) is 9.38. The maximum Gasteiger partial charge on any atom is 0.263 e. The Balaban J connectivity index is 1.25. The average Bonchev–Trinajstić information content (AvgIpc) is 3.38. The summed E-state index contributed by atoms with van der Waals surface area (Å²) in [5, 5.41) is 4.46. The highest BCUT2D eigenvalue weighted by Crippen LogP contribution is 2.31. The van der Waals surface area contributed by atoms with Gasteiger partial charge in [0, 0.05) is 36.7 Å². The maximum absolute atomic E-state index is 13.6. The molecule has 4 heterocycles. The van der Waals surface area contributed by atoms with Crippen LogP contribution >= 0.6 is 11.7 Å². The Kier molecular flexibility index (Phi) is 5.92. The molecule has 2 aromatic carbocycles. The Morgan fingerprint density at radius 2 is 1.81 bits per heavy atom. The third-order valence-electron chi connectivity index (χ3n) is 6.28. The number of hydrogen-bond acceptors (Lipinski definition) is 8. The molecule has 0 unspecified atom stereocenters. The van der Waals surface area contributed by atoms with Gasteiger partial charge in [-0.2, -0.15) is 13.1 Å². The first-order valence-corrected chi connectivity index (χ1v) is 13.7. The van der Waals surface area contributed by atoms with Crippen molar-refractivity contribution in [2.75, 3.05) is 11.9 Å². The highest BCUT2D eigenvalue weighted by molar-refractivity contribution is 7.89. The molecule has 1 N–H and O–H groups in total. The molecule has 0 bridgehead atoms. The molecule has 6 rings (SSSR count). The van der Waals surface area contributed by atoms with Gasteiger partial charge in [0.05, 0.1) is 34.8 Å². The zero-order valence-electron chi connectivity index (χ0n) is 19.2. The molecule has 1 aliphatic rings. The van der Waals surface area contributed by atoms with E-state index in [1.54, 1.807) is 12.4 Å². The number of nitrogens with one attached hydrogen (secondary N) is 1. The van der Waals surface area contributed by atoms with Crippen LogP contribution < -0.4 is 5.32 Å². The lowest BCUT2D eigenvalue weighted by Crippen LogP contribution is -2.37. The second-order valence-corrected chi connectivity index (χ2v) is 11.0. The van der Waals surface area contributed by atoms with Crippen molar-refractivity contribution in [3.63, 3.8) is 0 Å². The van der Waals surface area contributed by atoms with Crippen molar-refractivity contribution in [1.82, 2.24) is 23.0 Å². The number of anilines is 2. The van der Waals surface area contributed by atoms with Gasteiger partial charge in [-0.05, 0) is 35.7 Å². The molecule has 36 heavy (non-hydrogen) atoms. The number of benzene rings is 2. The fourth-order valence-corrected chi connectivity index (χ4v) is 6.77. The van der Waals surface area contributed by atoms with Gasteiger partial charge in [0.25, 0.3) is 10.0 Å². The number of nitrogens with zero attached hydrogens (tertiary/aromatic N) is 5. The van der Waals surface area contributed by atoms with Crippen molar-refractivity contribution in [3.05, 3.63) is 102 Å². The molecule has 0 radical (unpaired) electrons. The standard InChI is InChI=1S/C26H22N6O2S2/c33-36(34,26-24(30-35-31-26)14-18-6-2-1-3-7-18)32-13-11-22-20(17-32)10-12-27-25(22)29-21-15-19-8-4-5-9-23(19)28-16-21/h1-10,12,15-16H,11,13-14,17H2,(H,27,29). The lowest BCUT2D eigenvalue weighted by atomic mass is 10.0. The quantitative estimate of drug-likeness (QED) is 0.354. The van der Waals surface area contributed by atoms with Gasteiger partial charge in [-0.15, -0.1) is 0 Å². The zero-order valence-corrected chi connectivity index (χ0v) is 20.8. The van der Waals surface area contributed by atoms with E-state index in [2.05, 4.69) is 24.0 Å². The molecule has 0 fully saturated rings. The third kappa shape index (κ3) is 4.34. The number of fused-ring (bicyclic) bond motifs is 2. The van der Waals surface area contributed by atoms with Crippen LogP contribution in [-0.2, 0) is 29.4 Å². The summed E-state index contributed by atoms with van der Waals surface area (Å²) >= 11 is 0.935. The zero-order chi connectivity index (χ0) is 24.5. The molecule has 0 atom stereocenters. The Hall–Kier alpha value is -3.73. The first kappa shape index (κ1) is 22.7. The number of sulfonamides is 1. The predicted molar refractivity (Wildman–Crippen MR) is 140 cm³/mol. The van der Waals surface area contributed by atoms with Gasteiger partial charge >= 0.3 is 0 Å². The first-order valence-electron chi connectivity index (χ1n) is 11.5. The lowest BCUT2D eigenvalue weighted by Gasteiger charge is -2.28. The van der Waals surface area contributed by atoms with E-state index in [0.717, 1.165) is 50.8 Å². The Morgan fingerprint density at radius 3 is 2.69 bits per heavy atom. The molecule has 1 aliphatic heterocycles. The number of hydrogen-bond donors (Lipinski definition) is 1. The molecule has 10 heteroatoms. The summed E-state index contributed by atoms with van der Waals surface area (Å²) in [5.41, 5.74) is 5.18. The molecule has 0 spiro atoms. The van der Waals surface area contributed by atoms with Gasteiger partial charge in [0.1, 0.15) is 5.82 Å². The minimum atomic E-state index is -3.79. The minimum absolute atomic E-state index is 0.0504. The second-order valence-electron chi connectivity index (χ2n) is 8.61. The van der Waals surface area contributed by atoms with Crippen LogP contribution in [0.2, 0.25) is 0 Å². The fourth-order valence-electron chi connectivity index (χ4n) is 4.47. The molecule has 0 aliphatic carbocycles. The van der Waals surface area contributed by atoms with E-state index in [0.29, 0.717) is 25.1 Å². The molecule has 0 saturated carbocycles. The van der Waals surface area contributed by atoms with E-state index in [1.165, 1.54) is 4.31 Å². The van der Waals surface area contributed by atoms with Crippen molar-refractivity contribution in [2.24, 2.45) is 0 Å². The summed E-state index contributed by atoms with van der Waals surface area (Å²) in [7, 11) is -3.79. The van der Waals surface area contributed by atoms with Gasteiger partial charge in [0.2, 0.25) is 5.03 Å². The van der Waals surface area contributed by atoms with Crippen LogP contribution in [0.1, 0.15) is 22.4 Å². The van der Waals surface area contributed by atoms with Gasteiger partial charge < -0.3 is 5.32 Å². The summed E-state index contributed by atoms with van der Waals surface area (Å²) < 4.78 is 37.1. The van der Waals surface area contributed by atoms with E-state index in [9.17, 15) is 8.42 Å². The topological polar surface area (TPSA) is 101 Å². The normalized spacial score (nSPS) is 14.0. The van der Waals surface area contributed by atoms with E-state index in [-0.39, 0.29) is 11.6 Å². The van der Waals surface area contributed by atoms with Crippen molar-refractivity contribution < 1.29 is 8.42 Å². The smallest absolute Gasteiger partial charge is 0.263 e. The van der Waals surface area contributed by atoms with Crippen molar-refractivity contribution >= 4 is 44.2 Å². The van der Waals surface area contributed by atoms with Gasteiger partial charge in [-0.3, -0.25) is 4.98 Å². The van der Waals surface area contributed by atoms with Gasteiger partial charge in [-0.1, -0.05) is 48.5 Å². The number of rotatable bonds is 6. The van der Waals surface area contributed by atoms with Crippen molar-refractivity contribution in [3.8, 4) is 0 Å². The SMILES string of the molecule is O=S(=O)(c1nsnc1Cc1ccccc1)N1CCc2c(ccnc2Nc2cnc3ccccc3c2)C1. The maximum atomic E-state index is 13.6. The highest BCUT2D eigenvalue weighted by Gasteiger charge is 2.33. The van der Waals surface area contributed by atoms with Crippen molar-refractivity contribution in [1.29, 1.82) is 0 Å². The summed E-state index contributed by atoms with van der Waals surface area (Å²) in [6, 6.07) is 21.6. The summed E-state index contributed by atoms with van der Waals surface area (Å²) in [4.78, 5) is 9.05. The van der Waals surface area contributed by atoms with Crippen LogP contribution in [0.25, 0.3) is 10.9 Å².